The van der Waals surface area contributed by atoms with Crippen LogP contribution < -0.4 is 20.9 Å². The number of hydrogen-bond acceptors (Lipinski definition) is 3. The molecule has 0 aromatic heterocycles. The number of carbonyl (C=O) groups excluding carboxylic acids is 1. The van der Waals surface area contributed by atoms with Gasteiger partial charge >= 0.3 is 6.36 Å². The monoisotopic (exact) mass is 389 g/mol. The molecule has 1 aromatic carbocycles. The highest BCUT2D eigenvalue weighted by Gasteiger charge is 2.31. The van der Waals surface area contributed by atoms with Crippen molar-refractivity contribution in [3.05, 3.63) is 29.8 Å². The lowest BCUT2D eigenvalue weighted by atomic mass is 9.78. The van der Waals surface area contributed by atoms with Gasteiger partial charge in [0.1, 0.15) is 5.75 Å². The number of hydrazine groups is 1. The number of nitrogens with one attached hydrogen (secondary N) is 3. The molecule has 0 bridgehead atoms. The zero-order valence-electron chi connectivity index (χ0n) is 14.5. The molecule has 0 unspecified atom stereocenters. The Kier molecular flexibility index (Phi) is 6.69. The van der Waals surface area contributed by atoms with Crippen LogP contribution in [-0.2, 0) is 0 Å². The molecular formula is C17H22F3N3O2S. The van der Waals surface area contributed by atoms with Crippen LogP contribution in [0.2, 0.25) is 0 Å². The Morgan fingerprint density at radius 1 is 1.15 bits per heavy atom. The van der Waals surface area contributed by atoms with E-state index >= 15 is 0 Å². The summed E-state index contributed by atoms with van der Waals surface area (Å²) in [6, 6.07) is 4.86. The summed E-state index contributed by atoms with van der Waals surface area (Å²) in [5, 5.41) is 3.51. The van der Waals surface area contributed by atoms with Gasteiger partial charge < -0.3 is 10.1 Å². The maximum atomic E-state index is 12.1. The molecule has 1 aromatic rings. The Labute approximate surface area is 155 Å². The number of thiocarbonyl (C=S) groups is 1. The number of benzene rings is 1. The van der Waals surface area contributed by atoms with Crippen LogP contribution in [0.4, 0.5) is 13.2 Å². The second-order valence-electron chi connectivity index (χ2n) is 6.50. The van der Waals surface area contributed by atoms with E-state index in [1.54, 1.807) is 0 Å². The fourth-order valence-electron chi connectivity index (χ4n) is 2.98. The molecule has 5 nitrogen and oxygen atoms in total. The Hall–Kier alpha value is -2.03. The number of amides is 1. The molecule has 1 amide bonds. The molecule has 1 aliphatic carbocycles. The molecule has 26 heavy (non-hydrogen) atoms. The van der Waals surface area contributed by atoms with Crippen molar-refractivity contribution in [3.63, 3.8) is 0 Å². The van der Waals surface area contributed by atoms with E-state index in [-0.39, 0.29) is 17.4 Å². The number of carbonyl (C=O) groups is 1. The molecule has 2 rings (SSSR count). The minimum absolute atomic E-state index is 0.175. The molecule has 0 aliphatic heterocycles. The molecule has 3 N–H and O–H groups in total. The van der Waals surface area contributed by atoms with Gasteiger partial charge in [0.15, 0.2) is 5.11 Å². The third kappa shape index (κ3) is 6.05. The van der Waals surface area contributed by atoms with Gasteiger partial charge in [0.25, 0.3) is 5.91 Å². The van der Waals surface area contributed by atoms with Crippen LogP contribution in [0.3, 0.4) is 0 Å². The highest BCUT2D eigenvalue weighted by molar-refractivity contribution is 7.80. The van der Waals surface area contributed by atoms with Gasteiger partial charge in [0.2, 0.25) is 0 Å². The van der Waals surface area contributed by atoms with Gasteiger partial charge in [-0.1, -0.05) is 26.7 Å². The van der Waals surface area contributed by atoms with E-state index in [1.165, 1.54) is 18.6 Å². The number of ether oxygens (including phenoxy) is 1. The second kappa shape index (κ2) is 8.57. The number of hydrogen-bond donors (Lipinski definition) is 3. The van der Waals surface area contributed by atoms with E-state index in [2.05, 4.69) is 34.8 Å². The lowest BCUT2D eigenvalue weighted by Gasteiger charge is -2.35. The summed E-state index contributed by atoms with van der Waals surface area (Å²) in [4.78, 5) is 12.0. The molecule has 0 radical (unpaired) electrons. The molecule has 0 heterocycles. The Bertz CT molecular complexity index is 637. The lowest BCUT2D eigenvalue weighted by Crippen LogP contribution is -2.52. The predicted molar refractivity (Wildman–Crippen MR) is 95.4 cm³/mol. The summed E-state index contributed by atoms with van der Waals surface area (Å²) in [5.41, 5.74) is 5.23. The quantitative estimate of drug-likeness (QED) is 0.545. The van der Waals surface area contributed by atoms with E-state index in [4.69, 9.17) is 12.2 Å². The molecule has 9 heteroatoms. The highest BCUT2D eigenvalue weighted by Crippen LogP contribution is 2.29. The average Bonchev–Trinajstić information content (AvgIpc) is 2.56. The SMILES string of the molecule is C[C@@H]1[C@H](C)CCC[C@H]1NC(=S)NNC(=O)c1ccc(OC(F)(F)F)cc1. The van der Waals surface area contributed by atoms with Crippen LogP contribution in [0, 0.1) is 11.8 Å². The second-order valence-corrected chi connectivity index (χ2v) is 6.91. The number of halogens is 3. The van der Waals surface area contributed by atoms with Gasteiger partial charge in [-0.2, -0.15) is 0 Å². The van der Waals surface area contributed by atoms with Gasteiger partial charge in [0.05, 0.1) is 0 Å². The molecule has 1 saturated carbocycles. The van der Waals surface area contributed by atoms with Crippen LogP contribution in [0.15, 0.2) is 24.3 Å². The highest BCUT2D eigenvalue weighted by atomic mass is 32.1. The smallest absolute Gasteiger partial charge is 0.406 e. The van der Waals surface area contributed by atoms with Crippen molar-refractivity contribution < 1.29 is 22.7 Å². The van der Waals surface area contributed by atoms with Gasteiger partial charge in [-0.15, -0.1) is 13.2 Å². The summed E-state index contributed by atoms with van der Waals surface area (Å²) in [6.45, 7) is 4.39. The van der Waals surface area contributed by atoms with Gasteiger partial charge in [-0.25, -0.2) is 0 Å². The standard InChI is InChI=1S/C17H22F3N3O2S/c1-10-4-3-5-14(11(10)2)21-16(26)23-22-15(24)12-6-8-13(9-7-12)25-17(18,19)20/h6-11,14H,3-5H2,1-2H3,(H,22,24)(H2,21,23,26)/t10-,11-,14-/m1/s1. The molecule has 0 spiro atoms. The van der Waals surface area contributed by atoms with Crippen LogP contribution >= 0.6 is 12.2 Å². The van der Waals surface area contributed by atoms with Crippen molar-refractivity contribution >= 4 is 23.2 Å². The molecule has 3 atom stereocenters. The summed E-state index contributed by atoms with van der Waals surface area (Å²) in [7, 11) is 0. The first-order chi connectivity index (χ1) is 12.2. The number of rotatable bonds is 3. The van der Waals surface area contributed by atoms with E-state index in [0.717, 1.165) is 25.0 Å². The normalized spacial score (nSPS) is 23.0. The maximum absolute atomic E-state index is 12.1. The molecule has 1 aliphatic rings. The van der Waals surface area contributed by atoms with E-state index < -0.39 is 12.3 Å². The number of alkyl halides is 3. The fraction of sp³-hybridized carbons (Fsp3) is 0.529. The summed E-state index contributed by atoms with van der Waals surface area (Å²) in [6.07, 6.45) is -1.42. The van der Waals surface area contributed by atoms with Crippen LogP contribution in [0.25, 0.3) is 0 Å². The Morgan fingerprint density at radius 3 is 2.42 bits per heavy atom. The first kappa shape index (κ1) is 20.3. The van der Waals surface area contributed by atoms with E-state index in [0.29, 0.717) is 16.9 Å². The predicted octanol–water partition coefficient (Wildman–Crippen LogP) is 3.52. The third-order valence-corrected chi connectivity index (χ3v) is 4.88. The van der Waals surface area contributed by atoms with Crippen LogP contribution in [0.1, 0.15) is 43.5 Å². The zero-order valence-corrected chi connectivity index (χ0v) is 15.3. The minimum atomic E-state index is -4.77. The third-order valence-electron chi connectivity index (χ3n) is 4.66. The van der Waals surface area contributed by atoms with E-state index in [1.807, 2.05) is 0 Å². The van der Waals surface area contributed by atoms with Gasteiger partial charge in [0, 0.05) is 11.6 Å². The van der Waals surface area contributed by atoms with Crippen molar-refractivity contribution in [2.45, 2.75) is 45.5 Å². The largest absolute Gasteiger partial charge is 0.573 e. The average molecular weight is 389 g/mol. The maximum Gasteiger partial charge on any atom is 0.573 e. The minimum Gasteiger partial charge on any atom is -0.406 e. The molecule has 0 saturated heterocycles. The fourth-order valence-corrected chi connectivity index (χ4v) is 3.19. The summed E-state index contributed by atoms with van der Waals surface area (Å²) in [5.74, 6) is 0.175. The lowest BCUT2D eigenvalue weighted by molar-refractivity contribution is -0.274. The van der Waals surface area contributed by atoms with Crippen molar-refractivity contribution in [2.75, 3.05) is 0 Å². The topological polar surface area (TPSA) is 62.4 Å². The summed E-state index contributed by atoms with van der Waals surface area (Å²) >= 11 is 5.19. The van der Waals surface area contributed by atoms with Gasteiger partial charge in [-0.3, -0.25) is 15.6 Å². The van der Waals surface area contributed by atoms with Crippen LogP contribution in [0.5, 0.6) is 5.75 Å². The first-order valence-corrected chi connectivity index (χ1v) is 8.79. The van der Waals surface area contributed by atoms with Crippen molar-refractivity contribution in [2.24, 2.45) is 11.8 Å². The molecule has 144 valence electrons. The Morgan fingerprint density at radius 2 is 1.81 bits per heavy atom. The van der Waals surface area contributed by atoms with Crippen molar-refractivity contribution in [1.82, 2.24) is 16.2 Å². The first-order valence-electron chi connectivity index (χ1n) is 8.38. The van der Waals surface area contributed by atoms with E-state index in [9.17, 15) is 18.0 Å². The van der Waals surface area contributed by atoms with Gasteiger partial charge in [-0.05, 0) is 54.7 Å². The molecule has 1 fully saturated rings. The van der Waals surface area contributed by atoms with Crippen molar-refractivity contribution in [3.8, 4) is 5.75 Å². The zero-order chi connectivity index (χ0) is 19.3. The molecular weight excluding hydrogens is 367 g/mol. The Balaban J connectivity index is 1.81. The van der Waals surface area contributed by atoms with Crippen molar-refractivity contribution in [1.29, 1.82) is 0 Å². The van der Waals surface area contributed by atoms with Crippen LogP contribution in [-0.4, -0.2) is 23.4 Å². The summed E-state index contributed by atoms with van der Waals surface area (Å²) < 4.78 is 40.1.